The molecule has 0 saturated heterocycles. The van der Waals surface area contributed by atoms with Crippen LogP contribution >= 0.6 is 23.2 Å². The minimum atomic E-state index is -0.660. The molecule has 10 heteroatoms. The average molecular weight is 545 g/mol. The maximum absolute atomic E-state index is 12.5. The van der Waals surface area contributed by atoms with Crippen LogP contribution in [0.2, 0.25) is 10.0 Å². The Morgan fingerprint density at radius 2 is 1.68 bits per heavy atom. The van der Waals surface area contributed by atoms with E-state index in [9.17, 15) is 9.59 Å². The number of nitrogens with one attached hydrogen (secondary N) is 1. The number of nitrogens with zero attached hydrogens (tertiary/aromatic N) is 1. The number of halogens is 2. The Labute approximate surface area is 225 Å². The Morgan fingerprint density at radius 1 is 0.946 bits per heavy atom. The molecule has 0 heterocycles. The second-order valence-electron chi connectivity index (χ2n) is 7.68. The Kier molecular flexibility index (Phi) is 10.6. The van der Waals surface area contributed by atoms with Gasteiger partial charge in [-0.05, 0) is 72.6 Å². The molecule has 1 amide bonds. The van der Waals surface area contributed by atoms with Crippen molar-refractivity contribution in [2.24, 2.45) is 5.10 Å². The van der Waals surface area contributed by atoms with Crippen LogP contribution in [0.25, 0.3) is 0 Å². The number of esters is 1. The van der Waals surface area contributed by atoms with E-state index in [-0.39, 0.29) is 22.9 Å². The number of amides is 1. The van der Waals surface area contributed by atoms with E-state index < -0.39 is 11.9 Å². The van der Waals surface area contributed by atoms with Crippen molar-refractivity contribution in [3.8, 4) is 23.0 Å². The van der Waals surface area contributed by atoms with Gasteiger partial charge in [-0.25, -0.2) is 10.2 Å². The van der Waals surface area contributed by atoms with Crippen LogP contribution in [0.15, 0.2) is 65.8 Å². The van der Waals surface area contributed by atoms with Crippen LogP contribution in [0.5, 0.6) is 23.0 Å². The van der Waals surface area contributed by atoms with Crippen molar-refractivity contribution in [1.29, 1.82) is 0 Å². The standard InChI is InChI=1S/C27H26Cl2N2O6/c1-3-4-13-35-20-7-9-21(10-8-20)36-17-26(32)31-30-16-18-5-12-24(25(14-18)34-2)37-27(33)22-11-6-19(28)15-23(22)29/h5-12,14-16H,3-4,13,17H2,1-2H3,(H,31,32)/b30-16-. The van der Waals surface area contributed by atoms with Gasteiger partial charge < -0.3 is 18.9 Å². The summed E-state index contributed by atoms with van der Waals surface area (Å²) in [6.45, 7) is 2.55. The van der Waals surface area contributed by atoms with Crippen LogP contribution in [-0.4, -0.2) is 38.4 Å². The van der Waals surface area contributed by atoms with Crippen molar-refractivity contribution >= 4 is 41.3 Å². The molecule has 37 heavy (non-hydrogen) atoms. The molecule has 0 radical (unpaired) electrons. The lowest BCUT2D eigenvalue weighted by molar-refractivity contribution is -0.123. The molecule has 3 aromatic carbocycles. The van der Waals surface area contributed by atoms with Crippen LogP contribution in [-0.2, 0) is 4.79 Å². The Balaban J connectivity index is 1.50. The third kappa shape index (κ3) is 8.70. The third-order valence-electron chi connectivity index (χ3n) is 4.90. The van der Waals surface area contributed by atoms with Gasteiger partial charge in [-0.15, -0.1) is 0 Å². The van der Waals surface area contributed by atoms with Crippen LogP contribution in [0.1, 0.15) is 35.7 Å². The number of hydrogen-bond donors (Lipinski definition) is 1. The fourth-order valence-corrected chi connectivity index (χ4v) is 3.47. The van der Waals surface area contributed by atoms with E-state index in [0.29, 0.717) is 28.7 Å². The fourth-order valence-electron chi connectivity index (χ4n) is 2.99. The average Bonchev–Trinajstić information content (AvgIpc) is 2.89. The van der Waals surface area contributed by atoms with Crippen LogP contribution < -0.4 is 24.4 Å². The van der Waals surface area contributed by atoms with E-state index in [2.05, 4.69) is 17.5 Å². The molecule has 3 rings (SSSR count). The smallest absolute Gasteiger partial charge is 0.345 e. The van der Waals surface area contributed by atoms with Gasteiger partial charge in [0.2, 0.25) is 0 Å². The van der Waals surface area contributed by atoms with Crippen LogP contribution in [0.3, 0.4) is 0 Å². The molecule has 1 N–H and O–H groups in total. The van der Waals surface area contributed by atoms with Gasteiger partial charge in [0.1, 0.15) is 11.5 Å². The number of benzene rings is 3. The number of hydrogen-bond acceptors (Lipinski definition) is 7. The number of hydrazone groups is 1. The molecule has 0 aliphatic carbocycles. The molecule has 0 unspecified atom stereocenters. The quantitative estimate of drug-likeness (QED) is 0.0997. The topological polar surface area (TPSA) is 95.5 Å². The normalized spacial score (nSPS) is 10.7. The zero-order chi connectivity index (χ0) is 26.6. The summed E-state index contributed by atoms with van der Waals surface area (Å²) in [5.41, 5.74) is 3.16. The minimum Gasteiger partial charge on any atom is -0.494 e. The molecular weight excluding hydrogens is 519 g/mol. The number of carbonyl (C=O) groups is 2. The van der Waals surface area contributed by atoms with Crippen molar-refractivity contribution in [3.05, 3.63) is 81.8 Å². The van der Waals surface area contributed by atoms with Crippen molar-refractivity contribution in [1.82, 2.24) is 5.43 Å². The lowest BCUT2D eigenvalue weighted by Gasteiger charge is -2.10. The highest BCUT2D eigenvalue weighted by Gasteiger charge is 2.16. The molecular formula is C27H26Cl2N2O6. The van der Waals surface area contributed by atoms with E-state index in [1.807, 2.05) is 0 Å². The number of carbonyl (C=O) groups excluding carboxylic acids is 2. The Bertz CT molecular complexity index is 1250. The highest BCUT2D eigenvalue weighted by Crippen LogP contribution is 2.30. The van der Waals surface area contributed by atoms with E-state index in [4.69, 9.17) is 42.1 Å². The van der Waals surface area contributed by atoms with Gasteiger partial charge in [-0.2, -0.15) is 5.10 Å². The first-order chi connectivity index (χ1) is 17.9. The monoisotopic (exact) mass is 544 g/mol. The van der Waals surface area contributed by atoms with Gasteiger partial charge in [-0.3, -0.25) is 4.79 Å². The molecule has 0 bridgehead atoms. The summed E-state index contributed by atoms with van der Waals surface area (Å²) in [7, 11) is 1.44. The molecule has 0 aromatic heterocycles. The van der Waals surface area contributed by atoms with E-state index >= 15 is 0 Å². The highest BCUT2D eigenvalue weighted by atomic mass is 35.5. The van der Waals surface area contributed by atoms with Gasteiger partial charge in [0, 0.05) is 5.02 Å². The van der Waals surface area contributed by atoms with E-state index in [1.165, 1.54) is 25.5 Å². The fraction of sp³-hybridized carbons (Fsp3) is 0.222. The van der Waals surface area contributed by atoms with E-state index in [0.717, 1.165) is 18.6 Å². The molecule has 194 valence electrons. The molecule has 0 atom stereocenters. The maximum Gasteiger partial charge on any atom is 0.345 e. The van der Waals surface area contributed by atoms with Gasteiger partial charge in [0.05, 0.1) is 30.5 Å². The first kappa shape index (κ1) is 27.8. The SMILES string of the molecule is CCCCOc1ccc(OCC(=O)N/N=C\c2ccc(OC(=O)c3ccc(Cl)cc3Cl)c(OC)c2)cc1. The first-order valence-electron chi connectivity index (χ1n) is 11.4. The molecule has 3 aromatic rings. The Hall–Kier alpha value is -3.75. The summed E-state index contributed by atoms with van der Waals surface area (Å²) in [6, 6.07) is 16.3. The van der Waals surface area contributed by atoms with Crippen molar-refractivity contribution < 1.29 is 28.5 Å². The number of unbranched alkanes of at least 4 members (excludes halogenated alkanes) is 1. The summed E-state index contributed by atoms with van der Waals surface area (Å²) in [4.78, 5) is 24.5. The van der Waals surface area contributed by atoms with Crippen molar-refractivity contribution in [3.63, 3.8) is 0 Å². The molecule has 0 spiro atoms. The summed E-state index contributed by atoms with van der Waals surface area (Å²) in [6.07, 6.45) is 3.47. The largest absolute Gasteiger partial charge is 0.494 e. The predicted octanol–water partition coefficient (Wildman–Crippen LogP) is 5.93. The highest BCUT2D eigenvalue weighted by molar-refractivity contribution is 6.36. The summed E-state index contributed by atoms with van der Waals surface area (Å²) in [5, 5.41) is 4.51. The molecule has 8 nitrogen and oxygen atoms in total. The second-order valence-corrected chi connectivity index (χ2v) is 8.52. The summed E-state index contributed by atoms with van der Waals surface area (Å²) < 4.78 is 21.8. The zero-order valence-electron chi connectivity index (χ0n) is 20.3. The predicted molar refractivity (Wildman–Crippen MR) is 142 cm³/mol. The summed E-state index contributed by atoms with van der Waals surface area (Å²) >= 11 is 11.9. The lowest BCUT2D eigenvalue weighted by Crippen LogP contribution is -2.24. The second kappa shape index (κ2) is 14.1. The van der Waals surface area contributed by atoms with Gasteiger partial charge in [0.15, 0.2) is 18.1 Å². The van der Waals surface area contributed by atoms with Crippen LogP contribution in [0, 0.1) is 0 Å². The first-order valence-corrected chi connectivity index (χ1v) is 12.2. The summed E-state index contributed by atoms with van der Waals surface area (Å²) in [5.74, 6) is 0.676. The van der Waals surface area contributed by atoms with Crippen molar-refractivity contribution in [2.75, 3.05) is 20.3 Å². The maximum atomic E-state index is 12.5. The van der Waals surface area contributed by atoms with Gasteiger partial charge in [-0.1, -0.05) is 36.5 Å². The molecule has 0 aliphatic heterocycles. The Morgan fingerprint density at radius 3 is 2.35 bits per heavy atom. The van der Waals surface area contributed by atoms with Crippen LogP contribution in [0.4, 0.5) is 0 Å². The molecule has 0 saturated carbocycles. The zero-order valence-corrected chi connectivity index (χ0v) is 21.8. The lowest BCUT2D eigenvalue weighted by atomic mass is 10.2. The minimum absolute atomic E-state index is 0.167. The third-order valence-corrected chi connectivity index (χ3v) is 5.45. The van der Waals surface area contributed by atoms with Gasteiger partial charge >= 0.3 is 5.97 Å². The van der Waals surface area contributed by atoms with Gasteiger partial charge in [0.25, 0.3) is 5.91 Å². The number of ether oxygens (including phenoxy) is 4. The number of methoxy groups -OCH3 is 1. The number of rotatable bonds is 12. The van der Waals surface area contributed by atoms with E-state index in [1.54, 1.807) is 48.5 Å². The molecule has 0 fully saturated rings. The molecule has 0 aliphatic rings. The van der Waals surface area contributed by atoms with Crippen molar-refractivity contribution in [2.45, 2.75) is 19.8 Å².